The van der Waals surface area contributed by atoms with Crippen molar-refractivity contribution in [2.24, 2.45) is 0 Å². The van der Waals surface area contributed by atoms with Crippen LogP contribution >= 0.6 is 0 Å². The van der Waals surface area contributed by atoms with Crippen LogP contribution in [0, 0.1) is 13.8 Å². The Bertz CT molecular complexity index is 330. The van der Waals surface area contributed by atoms with E-state index in [4.69, 9.17) is 9.63 Å². The van der Waals surface area contributed by atoms with Crippen molar-refractivity contribution in [3.63, 3.8) is 0 Å². The first-order chi connectivity index (χ1) is 7.32. The molecule has 4 nitrogen and oxygen atoms in total. The third-order valence-electron chi connectivity index (χ3n) is 2.20. The molecule has 1 rings (SSSR count). The predicted molar refractivity (Wildman–Crippen MR) is 49.7 cm³/mol. The summed E-state index contributed by atoms with van der Waals surface area (Å²) in [5.74, 6) is 0.562. The molecule has 1 aromatic heterocycles. The third kappa shape index (κ3) is 3.21. The van der Waals surface area contributed by atoms with Crippen LogP contribution in [-0.4, -0.2) is 29.1 Å². The van der Waals surface area contributed by atoms with Gasteiger partial charge in [0.15, 0.2) is 6.10 Å². The van der Waals surface area contributed by atoms with Gasteiger partial charge in [-0.15, -0.1) is 0 Å². The molecule has 0 aliphatic rings. The maximum Gasteiger partial charge on any atom is 0.415 e. The molecule has 0 aliphatic carbocycles. The summed E-state index contributed by atoms with van der Waals surface area (Å²) in [6.07, 6.45) is -6.95. The van der Waals surface area contributed by atoms with E-state index >= 15 is 0 Å². The van der Waals surface area contributed by atoms with Crippen molar-refractivity contribution < 1.29 is 22.8 Å². The van der Waals surface area contributed by atoms with Gasteiger partial charge in [-0.1, -0.05) is 5.16 Å². The molecule has 0 aliphatic heterocycles. The Morgan fingerprint density at radius 3 is 2.50 bits per heavy atom. The van der Waals surface area contributed by atoms with E-state index in [-0.39, 0.29) is 6.54 Å². The SMILES string of the molecule is Cc1noc(C)c1CNCC(O)C(F)(F)F. The highest BCUT2D eigenvalue weighted by Crippen LogP contribution is 2.19. The first-order valence-corrected chi connectivity index (χ1v) is 4.69. The summed E-state index contributed by atoms with van der Waals surface area (Å²) in [5.41, 5.74) is 1.35. The standard InChI is InChI=1S/C9H13F3N2O2/c1-5-7(6(2)16-14-5)3-13-4-8(15)9(10,11)12/h8,13,15H,3-4H2,1-2H3. The molecule has 0 saturated carbocycles. The number of hydrogen-bond donors (Lipinski definition) is 2. The van der Waals surface area contributed by atoms with Crippen LogP contribution in [0.1, 0.15) is 17.0 Å². The van der Waals surface area contributed by atoms with E-state index in [1.54, 1.807) is 13.8 Å². The van der Waals surface area contributed by atoms with Crippen LogP contribution in [0.2, 0.25) is 0 Å². The van der Waals surface area contributed by atoms with Crippen LogP contribution in [0.25, 0.3) is 0 Å². The topological polar surface area (TPSA) is 58.3 Å². The van der Waals surface area contributed by atoms with Gasteiger partial charge in [0.1, 0.15) is 5.76 Å². The van der Waals surface area contributed by atoms with Crippen molar-refractivity contribution in [2.45, 2.75) is 32.7 Å². The zero-order valence-corrected chi connectivity index (χ0v) is 8.93. The molecule has 0 spiro atoms. The number of alkyl halides is 3. The van der Waals surface area contributed by atoms with Gasteiger partial charge < -0.3 is 14.9 Å². The van der Waals surface area contributed by atoms with E-state index in [0.717, 1.165) is 5.56 Å². The summed E-state index contributed by atoms with van der Waals surface area (Å²) in [6, 6.07) is 0. The number of nitrogens with zero attached hydrogens (tertiary/aromatic N) is 1. The molecule has 1 atom stereocenters. The third-order valence-corrected chi connectivity index (χ3v) is 2.20. The average Bonchev–Trinajstić information content (AvgIpc) is 2.47. The highest BCUT2D eigenvalue weighted by molar-refractivity contribution is 5.20. The van der Waals surface area contributed by atoms with E-state index in [0.29, 0.717) is 11.5 Å². The van der Waals surface area contributed by atoms with Gasteiger partial charge in [0.2, 0.25) is 0 Å². The summed E-state index contributed by atoms with van der Waals surface area (Å²) in [5, 5.41) is 14.9. The Kier molecular flexibility index (Phi) is 3.93. The zero-order valence-electron chi connectivity index (χ0n) is 8.93. The fourth-order valence-electron chi connectivity index (χ4n) is 1.20. The smallest absolute Gasteiger partial charge is 0.382 e. The summed E-state index contributed by atoms with van der Waals surface area (Å²) in [6.45, 7) is 3.02. The Hall–Kier alpha value is -1.08. The van der Waals surface area contributed by atoms with Crippen LogP contribution in [0.3, 0.4) is 0 Å². The number of nitrogens with one attached hydrogen (secondary N) is 1. The molecule has 0 amide bonds. The number of rotatable bonds is 4. The average molecular weight is 238 g/mol. The van der Waals surface area contributed by atoms with Crippen LogP contribution in [0.5, 0.6) is 0 Å². The largest absolute Gasteiger partial charge is 0.415 e. The maximum absolute atomic E-state index is 12.0. The Morgan fingerprint density at radius 1 is 1.44 bits per heavy atom. The first kappa shape index (κ1) is 13.0. The second-order valence-corrected chi connectivity index (χ2v) is 3.49. The van der Waals surface area contributed by atoms with E-state index in [1.165, 1.54) is 0 Å². The second kappa shape index (κ2) is 4.84. The van der Waals surface area contributed by atoms with Gasteiger partial charge in [-0.05, 0) is 13.8 Å². The number of hydrogen-bond acceptors (Lipinski definition) is 4. The predicted octanol–water partition coefficient (Wildman–Crippen LogP) is 1.30. The minimum atomic E-state index is -4.59. The molecular weight excluding hydrogens is 225 g/mol. The van der Waals surface area contributed by atoms with E-state index in [9.17, 15) is 13.2 Å². The molecule has 7 heteroatoms. The highest BCUT2D eigenvalue weighted by atomic mass is 19.4. The lowest BCUT2D eigenvalue weighted by Gasteiger charge is -2.14. The zero-order chi connectivity index (χ0) is 12.3. The van der Waals surface area contributed by atoms with Gasteiger partial charge in [0.25, 0.3) is 0 Å². The van der Waals surface area contributed by atoms with E-state index in [2.05, 4.69) is 10.5 Å². The van der Waals surface area contributed by atoms with Crippen molar-refractivity contribution in [1.82, 2.24) is 10.5 Å². The van der Waals surface area contributed by atoms with E-state index in [1.807, 2.05) is 0 Å². The van der Waals surface area contributed by atoms with Gasteiger partial charge in [0, 0.05) is 18.7 Å². The molecule has 0 aromatic carbocycles. The van der Waals surface area contributed by atoms with Gasteiger partial charge in [-0.2, -0.15) is 13.2 Å². The molecule has 0 bridgehead atoms. The summed E-state index contributed by atoms with van der Waals surface area (Å²) >= 11 is 0. The molecule has 1 heterocycles. The van der Waals surface area contributed by atoms with Crippen molar-refractivity contribution in [3.8, 4) is 0 Å². The van der Waals surface area contributed by atoms with Crippen molar-refractivity contribution in [3.05, 3.63) is 17.0 Å². The fraction of sp³-hybridized carbons (Fsp3) is 0.667. The monoisotopic (exact) mass is 238 g/mol. The van der Waals surface area contributed by atoms with Crippen LogP contribution in [-0.2, 0) is 6.54 Å². The minimum Gasteiger partial charge on any atom is -0.382 e. The van der Waals surface area contributed by atoms with Crippen LogP contribution in [0.4, 0.5) is 13.2 Å². The molecule has 2 N–H and O–H groups in total. The van der Waals surface area contributed by atoms with Crippen molar-refractivity contribution in [2.75, 3.05) is 6.54 Å². The number of halogens is 3. The summed E-state index contributed by atoms with van der Waals surface area (Å²) in [7, 11) is 0. The van der Waals surface area contributed by atoms with Crippen molar-refractivity contribution in [1.29, 1.82) is 0 Å². The van der Waals surface area contributed by atoms with Gasteiger partial charge in [-0.25, -0.2) is 0 Å². The van der Waals surface area contributed by atoms with E-state index < -0.39 is 18.8 Å². The van der Waals surface area contributed by atoms with Gasteiger partial charge in [0.05, 0.1) is 5.69 Å². The summed E-state index contributed by atoms with van der Waals surface area (Å²) < 4.78 is 40.7. The molecule has 16 heavy (non-hydrogen) atoms. The lowest BCUT2D eigenvalue weighted by molar-refractivity contribution is -0.201. The Labute approximate surface area is 90.4 Å². The second-order valence-electron chi connectivity index (χ2n) is 3.49. The normalized spacial score (nSPS) is 14.1. The highest BCUT2D eigenvalue weighted by Gasteiger charge is 2.37. The first-order valence-electron chi connectivity index (χ1n) is 4.69. The quantitative estimate of drug-likeness (QED) is 0.830. The molecule has 0 fully saturated rings. The van der Waals surface area contributed by atoms with Crippen LogP contribution in [0.15, 0.2) is 4.52 Å². The molecule has 92 valence electrons. The molecule has 0 radical (unpaired) electrons. The molecule has 0 saturated heterocycles. The van der Waals surface area contributed by atoms with Gasteiger partial charge >= 0.3 is 6.18 Å². The summed E-state index contributed by atoms with van der Waals surface area (Å²) in [4.78, 5) is 0. The maximum atomic E-state index is 12.0. The number of aliphatic hydroxyl groups is 1. The number of aryl methyl sites for hydroxylation is 2. The lowest BCUT2D eigenvalue weighted by Crippen LogP contribution is -2.38. The molecule has 1 aromatic rings. The van der Waals surface area contributed by atoms with Gasteiger partial charge in [-0.3, -0.25) is 0 Å². The number of aromatic nitrogens is 1. The fourth-order valence-corrected chi connectivity index (χ4v) is 1.20. The van der Waals surface area contributed by atoms with Crippen LogP contribution < -0.4 is 5.32 Å². The Balaban J connectivity index is 2.42. The minimum absolute atomic E-state index is 0.189. The lowest BCUT2D eigenvalue weighted by atomic mass is 10.2. The number of aliphatic hydroxyl groups excluding tert-OH is 1. The van der Waals surface area contributed by atoms with Crippen molar-refractivity contribution >= 4 is 0 Å². The Morgan fingerprint density at radius 2 is 2.06 bits per heavy atom. The molecule has 1 unspecified atom stereocenters. The molecular formula is C9H13F3N2O2.